The fraction of sp³-hybridized carbons (Fsp3) is 0.200. The van der Waals surface area contributed by atoms with Gasteiger partial charge in [-0.15, -0.1) is 23.1 Å². The molecule has 8 heteroatoms. The Balaban J connectivity index is 1.31. The molecular weight excluding hydrogens is 472 g/mol. The number of hydrogen-bond donors (Lipinski definition) is 1. The molecule has 0 aliphatic carbocycles. The van der Waals surface area contributed by atoms with Crippen LogP contribution in [0.3, 0.4) is 0 Å². The molecule has 168 valence electrons. The Morgan fingerprint density at radius 3 is 2.64 bits per heavy atom. The number of carbonyl (C=O) groups is 1. The minimum Gasteiger partial charge on any atom is -0.322 e. The normalized spacial score (nSPS) is 17.3. The number of anilines is 1. The van der Waals surface area contributed by atoms with Gasteiger partial charge in [0.05, 0.1) is 27.3 Å². The van der Waals surface area contributed by atoms with Crippen LogP contribution in [0.2, 0.25) is 0 Å². The number of hydrogen-bond acceptors (Lipinski definition) is 6. The molecule has 1 N–H and O–H groups in total. The van der Waals surface area contributed by atoms with Crippen molar-refractivity contribution in [1.29, 1.82) is 0 Å². The first kappa shape index (κ1) is 22.1. The second kappa shape index (κ2) is 8.93. The van der Waals surface area contributed by atoms with E-state index in [1.807, 2.05) is 48.5 Å². The maximum absolute atomic E-state index is 13.0. The summed E-state index contributed by atoms with van der Waals surface area (Å²) in [5.74, 6) is 0.183. The number of sulfone groups is 1. The summed E-state index contributed by atoms with van der Waals surface area (Å²) < 4.78 is 24.7. The summed E-state index contributed by atoms with van der Waals surface area (Å²) in [5, 5.41) is 3.90. The van der Waals surface area contributed by atoms with Gasteiger partial charge in [-0.05, 0) is 67.4 Å². The van der Waals surface area contributed by atoms with E-state index in [1.165, 1.54) is 17.3 Å². The van der Waals surface area contributed by atoms with E-state index in [1.54, 1.807) is 17.4 Å². The van der Waals surface area contributed by atoms with Gasteiger partial charge in [0.25, 0.3) is 5.91 Å². The van der Waals surface area contributed by atoms with E-state index in [0.717, 1.165) is 25.7 Å². The van der Waals surface area contributed by atoms with Crippen molar-refractivity contribution in [2.24, 2.45) is 0 Å². The van der Waals surface area contributed by atoms with E-state index in [9.17, 15) is 13.2 Å². The summed E-state index contributed by atoms with van der Waals surface area (Å²) >= 11 is 3.13. The zero-order chi connectivity index (χ0) is 23.0. The van der Waals surface area contributed by atoms with E-state index in [0.29, 0.717) is 17.7 Å². The Morgan fingerprint density at radius 2 is 1.88 bits per heavy atom. The summed E-state index contributed by atoms with van der Waals surface area (Å²) in [5.41, 5.74) is 4.46. The number of fused-ring (bicyclic) bond motifs is 1. The second-order valence-corrected chi connectivity index (χ2v) is 12.8. The summed E-state index contributed by atoms with van der Waals surface area (Å²) in [4.78, 5) is 18.5. The molecular formula is C25H22N2O3S3. The van der Waals surface area contributed by atoms with Crippen LogP contribution in [0.25, 0.3) is 20.8 Å². The molecule has 2 heterocycles. The molecule has 1 aliphatic rings. The molecule has 3 aromatic carbocycles. The highest BCUT2D eigenvalue weighted by molar-refractivity contribution is 8.02. The lowest BCUT2D eigenvalue weighted by molar-refractivity contribution is 0.102. The molecule has 1 aliphatic heterocycles. The molecule has 0 radical (unpaired) electrons. The lowest BCUT2D eigenvalue weighted by atomic mass is 10.2. The van der Waals surface area contributed by atoms with Crippen LogP contribution in [0.4, 0.5) is 5.69 Å². The highest BCUT2D eigenvalue weighted by atomic mass is 32.2. The average Bonchev–Trinajstić information content (AvgIpc) is 3.36. The molecule has 1 unspecified atom stereocenters. The average molecular weight is 495 g/mol. The zero-order valence-electron chi connectivity index (χ0n) is 17.9. The third kappa shape index (κ3) is 4.98. The zero-order valence-corrected chi connectivity index (χ0v) is 20.4. The molecule has 1 fully saturated rings. The van der Waals surface area contributed by atoms with Crippen molar-refractivity contribution in [2.45, 2.75) is 23.5 Å². The molecule has 1 aromatic heterocycles. The molecule has 0 spiro atoms. The Bertz CT molecular complexity index is 1440. The van der Waals surface area contributed by atoms with Gasteiger partial charge >= 0.3 is 0 Å². The number of nitrogens with zero attached hydrogens (tertiary/aromatic N) is 1. The molecule has 1 amide bonds. The lowest BCUT2D eigenvalue weighted by Crippen LogP contribution is -2.14. The number of amides is 1. The fourth-order valence-corrected chi connectivity index (χ4v) is 8.54. The predicted molar refractivity (Wildman–Crippen MR) is 137 cm³/mol. The fourth-order valence-electron chi connectivity index (χ4n) is 3.84. The van der Waals surface area contributed by atoms with Gasteiger partial charge < -0.3 is 5.32 Å². The monoisotopic (exact) mass is 494 g/mol. The third-order valence-corrected chi connectivity index (χ3v) is 9.94. The van der Waals surface area contributed by atoms with Gasteiger partial charge in [0.15, 0.2) is 9.84 Å². The van der Waals surface area contributed by atoms with Gasteiger partial charge in [0.1, 0.15) is 5.01 Å². The van der Waals surface area contributed by atoms with Crippen molar-refractivity contribution >= 4 is 54.7 Å². The largest absolute Gasteiger partial charge is 0.322 e. The van der Waals surface area contributed by atoms with E-state index in [2.05, 4.69) is 24.4 Å². The third-order valence-electron chi connectivity index (χ3n) is 5.55. The number of rotatable bonds is 5. The number of benzene rings is 3. The number of thiazole rings is 1. The van der Waals surface area contributed by atoms with Crippen molar-refractivity contribution in [2.75, 3.05) is 16.8 Å². The first-order valence-corrected chi connectivity index (χ1v) is 14.1. The number of aromatic nitrogens is 1. The Labute approximate surface area is 201 Å². The number of aryl methyl sites for hydroxylation is 1. The lowest BCUT2D eigenvalue weighted by Gasteiger charge is -2.13. The number of carbonyl (C=O) groups excluding carboxylic acids is 1. The highest BCUT2D eigenvalue weighted by Gasteiger charge is 2.29. The summed E-state index contributed by atoms with van der Waals surface area (Å²) in [7, 11) is -2.96. The van der Waals surface area contributed by atoms with Gasteiger partial charge in [0, 0.05) is 21.4 Å². The van der Waals surface area contributed by atoms with Crippen LogP contribution >= 0.6 is 23.1 Å². The molecule has 1 saturated heterocycles. The molecule has 5 nitrogen and oxygen atoms in total. The topological polar surface area (TPSA) is 76.1 Å². The second-order valence-electron chi connectivity index (χ2n) is 8.16. The molecule has 0 bridgehead atoms. The molecule has 0 saturated carbocycles. The van der Waals surface area contributed by atoms with Crippen LogP contribution in [0.15, 0.2) is 71.6 Å². The van der Waals surface area contributed by atoms with Crippen LogP contribution in [0, 0.1) is 6.92 Å². The van der Waals surface area contributed by atoms with E-state index in [-0.39, 0.29) is 22.7 Å². The first-order valence-electron chi connectivity index (χ1n) is 10.6. The smallest absolute Gasteiger partial charge is 0.256 e. The van der Waals surface area contributed by atoms with Gasteiger partial charge in [-0.3, -0.25) is 4.79 Å². The Morgan fingerprint density at radius 1 is 1.09 bits per heavy atom. The van der Waals surface area contributed by atoms with Crippen molar-refractivity contribution in [3.63, 3.8) is 0 Å². The van der Waals surface area contributed by atoms with E-state index >= 15 is 0 Å². The number of thioether (sulfide) groups is 1. The standard InChI is InChI=1S/C25H22N2O3S3/c1-16-6-11-21-23(14-16)32-25(27-21)17-7-9-18(10-8-17)26-24(28)20-4-2-3-5-22(20)31-19-12-13-33(29,30)15-19/h2-11,14,19H,12-13,15H2,1H3,(H,26,28). The number of nitrogens with one attached hydrogen (secondary N) is 1. The van der Waals surface area contributed by atoms with E-state index in [4.69, 9.17) is 4.98 Å². The van der Waals surface area contributed by atoms with Crippen molar-refractivity contribution in [3.05, 3.63) is 77.9 Å². The minimum absolute atomic E-state index is 0.0131. The van der Waals surface area contributed by atoms with Gasteiger partial charge in [-0.25, -0.2) is 13.4 Å². The van der Waals surface area contributed by atoms with Gasteiger partial charge in [-0.1, -0.05) is 18.2 Å². The van der Waals surface area contributed by atoms with Crippen molar-refractivity contribution < 1.29 is 13.2 Å². The molecule has 1 atom stereocenters. The van der Waals surface area contributed by atoms with Crippen molar-refractivity contribution in [1.82, 2.24) is 4.98 Å². The summed E-state index contributed by atoms with van der Waals surface area (Å²) in [6, 6.07) is 21.3. The Hall–Kier alpha value is -2.68. The molecule has 33 heavy (non-hydrogen) atoms. The van der Waals surface area contributed by atoms with Crippen LogP contribution in [0.5, 0.6) is 0 Å². The van der Waals surface area contributed by atoms with Gasteiger partial charge in [-0.2, -0.15) is 0 Å². The summed E-state index contributed by atoms with van der Waals surface area (Å²) in [6.45, 7) is 2.07. The minimum atomic E-state index is -2.96. The predicted octanol–water partition coefficient (Wildman–Crippen LogP) is 5.80. The maximum atomic E-state index is 13.0. The highest BCUT2D eigenvalue weighted by Crippen LogP contribution is 2.34. The maximum Gasteiger partial charge on any atom is 0.256 e. The summed E-state index contributed by atoms with van der Waals surface area (Å²) in [6.07, 6.45) is 0.621. The molecule has 5 rings (SSSR count). The molecule has 4 aromatic rings. The first-order chi connectivity index (χ1) is 15.9. The van der Waals surface area contributed by atoms with E-state index < -0.39 is 9.84 Å². The quantitative estimate of drug-likeness (QED) is 0.379. The van der Waals surface area contributed by atoms with Crippen LogP contribution in [-0.4, -0.2) is 36.1 Å². The van der Waals surface area contributed by atoms with Crippen LogP contribution in [0.1, 0.15) is 22.3 Å². The van der Waals surface area contributed by atoms with Crippen LogP contribution < -0.4 is 5.32 Å². The van der Waals surface area contributed by atoms with Gasteiger partial charge in [0.2, 0.25) is 0 Å². The SMILES string of the molecule is Cc1ccc2nc(-c3ccc(NC(=O)c4ccccc4SC4CCS(=O)(=O)C4)cc3)sc2c1. The Kier molecular flexibility index (Phi) is 5.99. The van der Waals surface area contributed by atoms with Crippen molar-refractivity contribution in [3.8, 4) is 10.6 Å². The van der Waals surface area contributed by atoms with Crippen LogP contribution in [-0.2, 0) is 9.84 Å².